The van der Waals surface area contributed by atoms with E-state index in [1.807, 2.05) is 19.0 Å². The monoisotopic (exact) mass is 734 g/mol. The molecule has 0 rings (SSSR count). The van der Waals surface area contributed by atoms with Crippen LogP contribution in [0.5, 0.6) is 0 Å². The predicted molar refractivity (Wildman–Crippen MR) is 207 cm³/mol. The van der Waals surface area contributed by atoms with Crippen LogP contribution in [-0.4, -0.2) is 70.5 Å². The van der Waals surface area contributed by atoms with Crippen molar-refractivity contribution in [3.8, 4) is 0 Å². The maximum absolute atomic E-state index is 12.9. The first-order valence-electron chi connectivity index (χ1n) is 20.7. The summed E-state index contributed by atoms with van der Waals surface area (Å²) in [5.74, 6) is -0.710. The summed E-state index contributed by atoms with van der Waals surface area (Å²) in [6.45, 7) is 4.77. The van der Waals surface area contributed by atoms with E-state index >= 15 is 0 Å². The summed E-state index contributed by atoms with van der Waals surface area (Å²) < 4.78 is 39.9. The molecule has 9 nitrogen and oxygen atoms in total. The summed E-state index contributed by atoms with van der Waals surface area (Å²) in [6, 6.07) is 0. The van der Waals surface area contributed by atoms with E-state index in [2.05, 4.69) is 13.8 Å². The van der Waals surface area contributed by atoms with E-state index in [1.165, 1.54) is 136 Å². The standard InChI is InChI=1S/C40H80NO8P/c1-6-8-10-12-14-16-18-20-22-24-26-28-30-32-39(42)46-36-38(37-48-50(44,45-5)47-35-34-41(3)4)49-40(43)33-31-29-27-25-23-21-19-17-15-13-11-9-7-2/h38H,6-37H2,1-5H3/t38-,50?/m1/s1. The number of likely N-dealkylation sites (N-methyl/N-ethyl adjacent to an activating group) is 1. The Morgan fingerprint density at radius 3 is 1.30 bits per heavy atom. The number of phosphoric acid groups is 1. The van der Waals surface area contributed by atoms with Crippen molar-refractivity contribution in [1.82, 2.24) is 4.90 Å². The van der Waals surface area contributed by atoms with Crippen molar-refractivity contribution in [3.05, 3.63) is 0 Å². The summed E-state index contributed by atoms with van der Waals surface area (Å²) in [4.78, 5) is 27.1. The molecule has 10 heteroatoms. The van der Waals surface area contributed by atoms with Crippen LogP contribution in [0.25, 0.3) is 0 Å². The number of phosphoric ester groups is 1. The van der Waals surface area contributed by atoms with Gasteiger partial charge in [0, 0.05) is 26.5 Å². The first kappa shape index (κ1) is 49.0. The molecule has 50 heavy (non-hydrogen) atoms. The third-order valence-corrected chi connectivity index (χ3v) is 10.5. The summed E-state index contributed by atoms with van der Waals surface area (Å²) >= 11 is 0. The van der Waals surface area contributed by atoms with Crippen LogP contribution in [0.3, 0.4) is 0 Å². The van der Waals surface area contributed by atoms with Crippen LogP contribution < -0.4 is 0 Å². The van der Waals surface area contributed by atoms with Gasteiger partial charge in [-0.3, -0.25) is 23.2 Å². The highest BCUT2D eigenvalue weighted by molar-refractivity contribution is 7.48. The van der Waals surface area contributed by atoms with Crippen LogP contribution in [0.2, 0.25) is 0 Å². The number of rotatable bonds is 39. The van der Waals surface area contributed by atoms with Gasteiger partial charge in [-0.2, -0.15) is 0 Å². The third kappa shape index (κ3) is 34.1. The lowest BCUT2D eigenvalue weighted by molar-refractivity contribution is -0.161. The molecule has 0 spiro atoms. The van der Waals surface area contributed by atoms with E-state index in [0.717, 1.165) is 38.5 Å². The minimum atomic E-state index is -3.85. The molecule has 0 amide bonds. The number of nitrogens with zero attached hydrogens (tertiary/aromatic N) is 1. The molecule has 0 N–H and O–H groups in total. The molecule has 0 aromatic carbocycles. The topological polar surface area (TPSA) is 101 Å². The Morgan fingerprint density at radius 2 is 0.920 bits per heavy atom. The Bertz CT molecular complexity index is 812. The van der Waals surface area contributed by atoms with Gasteiger partial charge in [0.15, 0.2) is 6.10 Å². The quantitative estimate of drug-likeness (QED) is 0.0347. The van der Waals surface area contributed by atoms with Gasteiger partial charge in [-0.25, -0.2) is 4.57 Å². The molecule has 2 atom stereocenters. The maximum Gasteiger partial charge on any atom is 0.474 e. The molecule has 0 aromatic heterocycles. The smallest absolute Gasteiger partial charge is 0.462 e. The van der Waals surface area contributed by atoms with Gasteiger partial charge < -0.3 is 14.4 Å². The lowest BCUT2D eigenvalue weighted by atomic mass is 10.0. The normalized spacial score (nSPS) is 13.4. The van der Waals surface area contributed by atoms with E-state index in [-0.39, 0.29) is 38.2 Å². The molecule has 0 aliphatic rings. The second-order valence-electron chi connectivity index (χ2n) is 14.3. The summed E-state index contributed by atoms with van der Waals surface area (Å²) in [7, 11) is 1.15. The lowest BCUT2D eigenvalue weighted by Gasteiger charge is -2.22. The first-order valence-corrected chi connectivity index (χ1v) is 22.2. The minimum absolute atomic E-state index is 0.149. The fraction of sp³-hybridized carbons (Fsp3) is 0.950. The maximum atomic E-state index is 12.9. The molecular formula is C40H80NO8P. The van der Waals surface area contributed by atoms with Crippen molar-refractivity contribution in [2.24, 2.45) is 0 Å². The summed E-state index contributed by atoms with van der Waals surface area (Å²) in [5.41, 5.74) is 0. The van der Waals surface area contributed by atoms with Crippen LogP contribution in [0.15, 0.2) is 0 Å². The molecule has 0 saturated carbocycles. The fourth-order valence-electron chi connectivity index (χ4n) is 5.85. The van der Waals surface area contributed by atoms with Gasteiger partial charge in [0.05, 0.1) is 13.2 Å². The van der Waals surface area contributed by atoms with E-state index in [9.17, 15) is 14.2 Å². The van der Waals surface area contributed by atoms with E-state index in [1.54, 1.807) is 0 Å². The van der Waals surface area contributed by atoms with Crippen molar-refractivity contribution in [2.75, 3.05) is 47.6 Å². The zero-order chi connectivity index (χ0) is 37.0. The van der Waals surface area contributed by atoms with Gasteiger partial charge in [0.1, 0.15) is 6.61 Å². The second kappa shape index (κ2) is 36.4. The average Bonchev–Trinajstić information content (AvgIpc) is 3.09. The molecule has 1 unspecified atom stereocenters. The highest BCUT2D eigenvalue weighted by atomic mass is 31.2. The van der Waals surface area contributed by atoms with Gasteiger partial charge in [-0.05, 0) is 26.9 Å². The highest BCUT2D eigenvalue weighted by Gasteiger charge is 2.28. The number of carbonyl (C=O) groups is 2. The number of ether oxygens (including phenoxy) is 2. The number of hydrogen-bond acceptors (Lipinski definition) is 9. The predicted octanol–water partition coefficient (Wildman–Crippen LogP) is 11.8. The largest absolute Gasteiger partial charge is 0.474 e. The van der Waals surface area contributed by atoms with Crippen molar-refractivity contribution in [3.63, 3.8) is 0 Å². The van der Waals surface area contributed by atoms with Gasteiger partial charge >= 0.3 is 19.8 Å². The van der Waals surface area contributed by atoms with Crippen LogP contribution in [0.1, 0.15) is 194 Å². The zero-order valence-corrected chi connectivity index (χ0v) is 34.3. The van der Waals surface area contributed by atoms with Crippen molar-refractivity contribution >= 4 is 19.8 Å². The molecule has 298 valence electrons. The number of unbranched alkanes of at least 4 members (excludes halogenated alkanes) is 24. The van der Waals surface area contributed by atoms with Gasteiger partial charge in [-0.1, -0.05) is 168 Å². The molecule has 0 fully saturated rings. The molecule has 0 bridgehead atoms. The van der Waals surface area contributed by atoms with E-state index in [0.29, 0.717) is 13.0 Å². The van der Waals surface area contributed by atoms with Crippen molar-refractivity contribution < 1.29 is 37.2 Å². The third-order valence-electron chi connectivity index (χ3n) is 9.13. The van der Waals surface area contributed by atoms with Crippen LogP contribution in [-0.2, 0) is 37.2 Å². The Kier molecular flexibility index (Phi) is 35.7. The Balaban J connectivity index is 4.40. The fourth-order valence-corrected chi connectivity index (χ4v) is 6.78. The second-order valence-corrected chi connectivity index (χ2v) is 16.1. The summed E-state index contributed by atoms with van der Waals surface area (Å²) in [5, 5.41) is 0. The van der Waals surface area contributed by atoms with Crippen LogP contribution in [0, 0.1) is 0 Å². The first-order chi connectivity index (χ1) is 24.3. The lowest BCUT2D eigenvalue weighted by Crippen LogP contribution is -2.29. The Labute approximate surface area is 308 Å². The Morgan fingerprint density at radius 1 is 0.540 bits per heavy atom. The van der Waals surface area contributed by atoms with E-state index < -0.39 is 13.9 Å². The number of esters is 2. The van der Waals surface area contributed by atoms with Crippen LogP contribution in [0.4, 0.5) is 0 Å². The van der Waals surface area contributed by atoms with Crippen LogP contribution >= 0.6 is 7.82 Å². The number of carbonyl (C=O) groups excluding carboxylic acids is 2. The summed E-state index contributed by atoms with van der Waals surface area (Å²) in [6.07, 6.45) is 31.8. The van der Waals surface area contributed by atoms with Crippen molar-refractivity contribution in [2.45, 2.75) is 200 Å². The average molecular weight is 734 g/mol. The molecule has 0 aliphatic heterocycles. The molecule has 0 aromatic rings. The molecule has 0 heterocycles. The molecular weight excluding hydrogens is 653 g/mol. The van der Waals surface area contributed by atoms with Crippen molar-refractivity contribution in [1.29, 1.82) is 0 Å². The zero-order valence-electron chi connectivity index (χ0n) is 33.4. The SMILES string of the molecule is CCCCCCCCCCCCCCCC(=O)OC[C@H](COP(=O)(OC)OCCN(C)C)OC(=O)CCCCCCCCCCCCCCC. The molecule has 0 aliphatic carbocycles. The molecule has 0 radical (unpaired) electrons. The van der Waals surface area contributed by atoms with E-state index in [4.69, 9.17) is 23.0 Å². The minimum Gasteiger partial charge on any atom is -0.462 e. The number of hydrogen-bond donors (Lipinski definition) is 0. The highest BCUT2D eigenvalue weighted by Crippen LogP contribution is 2.48. The Hall–Kier alpha value is -0.990. The van der Waals surface area contributed by atoms with Gasteiger partial charge in [0.2, 0.25) is 0 Å². The van der Waals surface area contributed by atoms with Gasteiger partial charge in [0.25, 0.3) is 0 Å². The van der Waals surface area contributed by atoms with Gasteiger partial charge in [-0.15, -0.1) is 0 Å². The molecule has 0 saturated heterocycles.